The fraction of sp³-hybridized carbons (Fsp3) is 0.381. The molecule has 2 aromatic carbocycles. The predicted octanol–water partition coefficient (Wildman–Crippen LogP) is 5.44. The molecule has 0 heterocycles. The topological polar surface area (TPSA) is 29.1 Å². The Balaban J connectivity index is 1.48. The van der Waals surface area contributed by atoms with Crippen LogP contribution in [0.4, 0.5) is 0 Å². The van der Waals surface area contributed by atoms with Gasteiger partial charge in [0.25, 0.3) is 0 Å². The summed E-state index contributed by atoms with van der Waals surface area (Å²) in [6.45, 7) is 2.07. The Kier molecular flexibility index (Phi) is 6.60. The molecule has 2 aromatic rings. The lowest BCUT2D eigenvalue weighted by Crippen LogP contribution is -2.28. The summed E-state index contributed by atoms with van der Waals surface area (Å²) in [6, 6.07) is 15.0. The van der Waals surface area contributed by atoms with Gasteiger partial charge in [0.05, 0.1) is 11.8 Å². The first-order valence-corrected chi connectivity index (χ1v) is 10.8. The summed E-state index contributed by atoms with van der Waals surface area (Å²) in [5.74, 6) is 1.45. The molecule has 1 atom stereocenters. The maximum absolute atomic E-state index is 12.2. The summed E-state index contributed by atoms with van der Waals surface area (Å²) in [6.07, 6.45) is 4.95. The number of carbonyl (C=O) groups excluding carboxylic acids is 1. The molecule has 0 aromatic heterocycles. The Labute approximate surface area is 162 Å². The third kappa shape index (κ3) is 5.35. The zero-order chi connectivity index (χ0) is 17.6. The van der Waals surface area contributed by atoms with Crippen LogP contribution in [-0.2, 0) is 23.4 Å². The Morgan fingerprint density at radius 1 is 1.12 bits per heavy atom. The second-order valence-electron chi connectivity index (χ2n) is 6.64. The summed E-state index contributed by atoms with van der Waals surface area (Å²) in [5.41, 5.74) is 5.41. The first-order chi connectivity index (χ1) is 12.1. The van der Waals surface area contributed by atoms with Crippen LogP contribution in [0.3, 0.4) is 0 Å². The van der Waals surface area contributed by atoms with Gasteiger partial charge in [0.2, 0.25) is 5.91 Å². The molecule has 0 fully saturated rings. The van der Waals surface area contributed by atoms with Crippen LogP contribution in [0.15, 0.2) is 46.9 Å². The largest absolute Gasteiger partial charge is 0.349 e. The zero-order valence-electron chi connectivity index (χ0n) is 14.6. The summed E-state index contributed by atoms with van der Waals surface area (Å²) in [4.78, 5) is 12.2. The smallest absolute Gasteiger partial charge is 0.230 e. The first kappa shape index (κ1) is 18.5. The van der Waals surface area contributed by atoms with E-state index in [1.54, 1.807) is 11.8 Å². The molecule has 4 heteroatoms. The minimum atomic E-state index is 0.0630. The molecule has 25 heavy (non-hydrogen) atoms. The third-order valence-electron chi connectivity index (χ3n) is 4.67. The highest BCUT2D eigenvalue weighted by Crippen LogP contribution is 2.25. The minimum absolute atomic E-state index is 0.0630. The van der Waals surface area contributed by atoms with E-state index in [9.17, 15) is 4.79 Å². The van der Waals surface area contributed by atoms with Crippen molar-refractivity contribution in [3.63, 3.8) is 0 Å². The molecule has 0 unspecified atom stereocenters. The van der Waals surface area contributed by atoms with Gasteiger partial charge in [-0.3, -0.25) is 4.79 Å². The molecule has 0 spiro atoms. The Morgan fingerprint density at radius 2 is 1.84 bits per heavy atom. The lowest BCUT2D eigenvalue weighted by molar-refractivity contribution is -0.119. The quantitative estimate of drug-likeness (QED) is 0.677. The van der Waals surface area contributed by atoms with Crippen molar-refractivity contribution in [3.05, 3.63) is 69.2 Å². The summed E-state index contributed by atoms with van der Waals surface area (Å²) >= 11 is 5.09. The van der Waals surface area contributed by atoms with Gasteiger partial charge in [0, 0.05) is 10.2 Å². The van der Waals surface area contributed by atoms with Gasteiger partial charge in [-0.1, -0.05) is 46.3 Å². The SMILES string of the molecule is C[C@H](NC(=O)CSCc1ccc(Br)cc1)c1ccc2c(c1)CCCC2. The van der Waals surface area contributed by atoms with Crippen molar-refractivity contribution in [3.8, 4) is 0 Å². The van der Waals surface area contributed by atoms with E-state index in [-0.39, 0.29) is 11.9 Å². The molecule has 1 aliphatic rings. The number of aryl methyl sites for hydroxylation is 2. The number of hydrogen-bond donors (Lipinski definition) is 1. The number of hydrogen-bond acceptors (Lipinski definition) is 2. The zero-order valence-corrected chi connectivity index (χ0v) is 17.0. The average molecular weight is 418 g/mol. The van der Waals surface area contributed by atoms with E-state index in [1.165, 1.54) is 47.9 Å². The van der Waals surface area contributed by atoms with Crippen LogP contribution >= 0.6 is 27.7 Å². The second-order valence-corrected chi connectivity index (χ2v) is 8.54. The molecule has 3 rings (SSSR count). The number of thioether (sulfide) groups is 1. The Bertz CT molecular complexity index is 729. The summed E-state index contributed by atoms with van der Waals surface area (Å²) < 4.78 is 1.08. The Hall–Kier alpha value is -1.26. The number of nitrogens with one attached hydrogen (secondary N) is 1. The van der Waals surface area contributed by atoms with Gasteiger partial charge >= 0.3 is 0 Å². The van der Waals surface area contributed by atoms with Crippen LogP contribution in [0.2, 0.25) is 0 Å². The van der Waals surface area contributed by atoms with Crippen LogP contribution < -0.4 is 5.32 Å². The lowest BCUT2D eigenvalue weighted by Gasteiger charge is -2.20. The van der Waals surface area contributed by atoms with Gasteiger partial charge in [-0.15, -0.1) is 11.8 Å². The molecular formula is C21H24BrNOS. The monoisotopic (exact) mass is 417 g/mol. The van der Waals surface area contributed by atoms with E-state index in [2.05, 4.69) is 58.5 Å². The number of benzene rings is 2. The lowest BCUT2D eigenvalue weighted by atomic mass is 9.89. The molecule has 0 saturated heterocycles. The van der Waals surface area contributed by atoms with Crippen molar-refractivity contribution >= 4 is 33.6 Å². The van der Waals surface area contributed by atoms with Gasteiger partial charge in [0.15, 0.2) is 0 Å². The fourth-order valence-electron chi connectivity index (χ4n) is 3.23. The average Bonchev–Trinajstić information content (AvgIpc) is 2.63. The van der Waals surface area contributed by atoms with Gasteiger partial charge in [0.1, 0.15) is 0 Å². The molecule has 132 valence electrons. The molecule has 0 radical (unpaired) electrons. The third-order valence-corrected chi connectivity index (χ3v) is 6.20. The van der Waals surface area contributed by atoms with Gasteiger partial charge in [-0.25, -0.2) is 0 Å². The molecule has 0 bridgehead atoms. The van der Waals surface area contributed by atoms with Crippen LogP contribution in [0.1, 0.15) is 48.1 Å². The molecule has 2 nitrogen and oxygen atoms in total. The highest BCUT2D eigenvalue weighted by atomic mass is 79.9. The molecule has 1 amide bonds. The number of halogens is 1. The molecule has 0 aliphatic heterocycles. The standard InChI is InChI=1S/C21H24BrNOS/c1-15(18-9-8-17-4-2-3-5-19(17)12-18)23-21(24)14-25-13-16-6-10-20(22)11-7-16/h6-12,15H,2-5,13-14H2,1H3,(H,23,24)/t15-/m0/s1. The summed E-state index contributed by atoms with van der Waals surface area (Å²) in [7, 11) is 0. The van der Waals surface area contributed by atoms with Crippen LogP contribution in [-0.4, -0.2) is 11.7 Å². The van der Waals surface area contributed by atoms with Crippen molar-refractivity contribution in [2.75, 3.05) is 5.75 Å². The van der Waals surface area contributed by atoms with E-state index >= 15 is 0 Å². The van der Waals surface area contributed by atoms with E-state index in [1.807, 2.05) is 12.1 Å². The number of carbonyl (C=O) groups is 1. The fourth-order valence-corrected chi connectivity index (χ4v) is 4.29. The van der Waals surface area contributed by atoms with E-state index in [0.29, 0.717) is 5.75 Å². The first-order valence-electron chi connectivity index (χ1n) is 8.85. The van der Waals surface area contributed by atoms with E-state index in [4.69, 9.17) is 0 Å². The van der Waals surface area contributed by atoms with Crippen molar-refractivity contribution < 1.29 is 4.79 Å². The maximum atomic E-state index is 12.2. The van der Waals surface area contributed by atoms with Gasteiger partial charge in [-0.2, -0.15) is 0 Å². The van der Waals surface area contributed by atoms with Crippen molar-refractivity contribution in [2.24, 2.45) is 0 Å². The number of fused-ring (bicyclic) bond motifs is 1. The maximum Gasteiger partial charge on any atom is 0.230 e. The number of rotatable bonds is 6. The summed E-state index contributed by atoms with van der Waals surface area (Å²) in [5, 5.41) is 3.13. The van der Waals surface area contributed by atoms with E-state index < -0.39 is 0 Å². The van der Waals surface area contributed by atoms with Gasteiger partial charge < -0.3 is 5.32 Å². The molecule has 1 aliphatic carbocycles. The second kappa shape index (κ2) is 8.91. The van der Waals surface area contributed by atoms with Crippen LogP contribution in [0.5, 0.6) is 0 Å². The molecule has 1 N–H and O–H groups in total. The van der Waals surface area contributed by atoms with Crippen molar-refractivity contribution in [1.29, 1.82) is 0 Å². The van der Waals surface area contributed by atoms with Crippen LogP contribution in [0, 0.1) is 0 Å². The number of amides is 1. The normalized spacial score (nSPS) is 14.6. The van der Waals surface area contributed by atoms with E-state index in [0.717, 1.165) is 10.2 Å². The highest BCUT2D eigenvalue weighted by molar-refractivity contribution is 9.10. The predicted molar refractivity (Wildman–Crippen MR) is 110 cm³/mol. The van der Waals surface area contributed by atoms with Crippen molar-refractivity contribution in [2.45, 2.75) is 44.4 Å². The Morgan fingerprint density at radius 3 is 2.60 bits per heavy atom. The van der Waals surface area contributed by atoms with Crippen molar-refractivity contribution in [1.82, 2.24) is 5.32 Å². The highest BCUT2D eigenvalue weighted by Gasteiger charge is 2.14. The van der Waals surface area contributed by atoms with Gasteiger partial charge in [-0.05, 0) is 67.0 Å². The van der Waals surface area contributed by atoms with Crippen LogP contribution in [0.25, 0.3) is 0 Å². The molecular weight excluding hydrogens is 394 g/mol. The minimum Gasteiger partial charge on any atom is -0.349 e. The molecule has 0 saturated carbocycles.